The van der Waals surface area contributed by atoms with E-state index in [1.165, 1.54) is 44.5 Å². The van der Waals surface area contributed by atoms with E-state index in [1.54, 1.807) is 0 Å². The van der Waals surface area contributed by atoms with Crippen LogP contribution in [0.25, 0.3) is 45.6 Å². The fraction of sp³-hybridized carbons (Fsp3) is 0.0526. The third-order valence-corrected chi connectivity index (χ3v) is 7.98. The maximum Gasteiger partial charge on any atom is 0.0998 e. The Morgan fingerprint density at radius 3 is 1.40 bits per heavy atom. The van der Waals surface area contributed by atoms with Crippen molar-refractivity contribution in [2.75, 3.05) is 0 Å². The van der Waals surface area contributed by atoms with Crippen molar-refractivity contribution in [3.8, 4) is 34.4 Å². The largest absolute Gasteiger partial charge is 0.192 e. The lowest BCUT2D eigenvalue weighted by atomic mass is 9.96. The zero-order valence-electron chi connectivity index (χ0n) is 21.9. The Bertz CT molecular complexity index is 1830. The standard InChI is InChI=1S/C38H24N2/c39-23-33(18-25-12-14-37-31(16-25)21-29-6-1-3-10-35(29)37)27-8-5-9-28(20-27)34(24-40)19-26-13-15-38-32(17-26)22-30-7-2-4-11-36(30)38/h1-20H,21-22H2/b33-18-,34-19-. The van der Waals surface area contributed by atoms with Crippen molar-refractivity contribution >= 4 is 23.3 Å². The van der Waals surface area contributed by atoms with Gasteiger partial charge in [-0.1, -0.05) is 103 Å². The van der Waals surface area contributed by atoms with Crippen LogP contribution in [0.1, 0.15) is 44.5 Å². The number of hydrogen-bond acceptors (Lipinski definition) is 2. The Kier molecular flexibility index (Phi) is 5.74. The predicted molar refractivity (Wildman–Crippen MR) is 163 cm³/mol. The molecule has 2 aliphatic carbocycles. The molecule has 0 saturated heterocycles. The lowest BCUT2D eigenvalue weighted by Gasteiger charge is -2.07. The van der Waals surface area contributed by atoms with E-state index in [0.717, 1.165) is 35.1 Å². The maximum atomic E-state index is 10.1. The van der Waals surface area contributed by atoms with Crippen molar-refractivity contribution in [1.29, 1.82) is 10.5 Å². The minimum absolute atomic E-state index is 0.574. The summed E-state index contributed by atoms with van der Waals surface area (Å²) in [6.07, 6.45) is 5.71. The van der Waals surface area contributed by atoms with Crippen molar-refractivity contribution in [3.05, 3.63) is 154 Å². The van der Waals surface area contributed by atoms with Crippen molar-refractivity contribution in [1.82, 2.24) is 0 Å². The van der Waals surface area contributed by atoms with Crippen LogP contribution in [-0.2, 0) is 12.8 Å². The van der Waals surface area contributed by atoms with Gasteiger partial charge in [-0.05, 0) is 97.8 Å². The molecule has 7 rings (SSSR count). The Morgan fingerprint density at radius 2 is 0.925 bits per heavy atom. The summed E-state index contributed by atoms with van der Waals surface area (Å²) in [6.45, 7) is 0. The van der Waals surface area contributed by atoms with Gasteiger partial charge < -0.3 is 0 Å². The Labute approximate surface area is 234 Å². The zero-order chi connectivity index (χ0) is 27.1. The highest BCUT2D eigenvalue weighted by molar-refractivity contribution is 5.94. The van der Waals surface area contributed by atoms with Gasteiger partial charge in [-0.25, -0.2) is 0 Å². The monoisotopic (exact) mass is 508 g/mol. The van der Waals surface area contributed by atoms with Crippen LogP contribution < -0.4 is 0 Å². The van der Waals surface area contributed by atoms with Gasteiger partial charge in [0, 0.05) is 0 Å². The summed E-state index contributed by atoms with van der Waals surface area (Å²) >= 11 is 0. The quantitative estimate of drug-likeness (QED) is 0.176. The van der Waals surface area contributed by atoms with Gasteiger partial charge in [-0.15, -0.1) is 0 Å². The molecule has 0 atom stereocenters. The van der Waals surface area contributed by atoms with Crippen molar-refractivity contribution in [2.24, 2.45) is 0 Å². The van der Waals surface area contributed by atoms with Gasteiger partial charge in [-0.3, -0.25) is 0 Å². The lowest BCUT2D eigenvalue weighted by Crippen LogP contribution is -1.89. The van der Waals surface area contributed by atoms with Crippen LogP contribution >= 0.6 is 0 Å². The molecule has 2 nitrogen and oxygen atoms in total. The van der Waals surface area contributed by atoms with Gasteiger partial charge in [0.25, 0.3) is 0 Å². The summed E-state index contributed by atoms with van der Waals surface area (Å²) in [5, 5.41) is 20.1. The summed E-state index contributed by atoms with van der Waals surface area (Å²) in [7, 11) is 0. The van der Waals surface area contributed by atoms with Crippen LogP contribution in [-0.4, -0.2) is 0 Å². The van der Waals surface area contributed by atoms with E-state index < -0.39 is 0 Å². The van der Waals surface area contributed by atoms with Crippen LogP contribution in [0.5, 0.6) is 0 Å². The van der Waals surface area contributed by atoms with E-state index in [0.29, 0.717) is 11.1 Å². The first-order chi connectivity index (χ1) is 19.7. The van der Waals surface area contributed by atoms with Gasteiger partial charge in [0.15, 0.2) is 0 Å². The van der Waals surface area contributed by atoms with E-state index >= 15 is 0 Å². The summed E-state index contributed by atoms with van der Waals surface area (Å²) < 4.78 is 0. The minimum Gasteiger partial charge on any atom is -0.192 e. The number of fused-ring (bicyclic) bond motifs is 6. The number of hydrogen-bond donors (Lipinski definition) is 0. The van der Waals surface area contributed by atoms with Gasteiger partial charge in [0.1, 0.15) is 0 Å². The van der Waals surface area contributed by atoms with Gasteiger partial charge in [0.2, 0.25) is 0 Å². The molecule has 186 valence electrons. The van der Waals surface area contributed by atoms with Gasteiger partial charge >= 0.3 is 0 Å². The molecule has 0 heterocycles. The number of benzene rings is 5. The number of rotatable bonds is 4. The molecular formula is C38H24N2. The molecule has 0 saturated carbocycles. The minimum atomic E-state index is 0.574. The molecule has 0 aromatic heterocycles. The van der Waals surface area contributed by atoms with Crippen molar-refractivity contribution in [3.63, 3.8) is 0 Å². The molecule has 2 heteroatoms. The van der Waals surface area contributed by atoms with Crippen molar-refractivity contribution < 1.29 is 0 Å². The molecule has 5 aromatic carbocycles. The summed E-state index contributed by atoms with van der Waals surface area (Å²) in [4.78, 5) is 0. The number of nitriles is 2. The third-order valence-electron chi connectivity index (χ3n) is 7.98. The molecule has 0 radical (unpaired) electrons. The van der Waals surface area contributed by atoms with Crippen LogP contribution in [0.3, 0.4) is 0 Å². The van der Waals surface area contributed by atoms with Crippen LogP contribution in [0.4, 0.5) is 0 Å². The lowest BCUT2D eigenvalue weighted by molar-refractivity contribution is 1.26. The first kappa shape index (κ1) is 23.7. The predicted octanol–water partition coefficient (Wildman–Crippen LogP) is 8.96. The first-order valence-electron chi connectivity index (χ1n) is 13.5. The average Bonchev–Trinajstić information content (AvgIpc) is 3.56. The fourth-order valence-corrected chi connectivity index (χ4v) is 6.06. The first-order valence-corrected chi connectivity index (χ1v) is 13.5. The van der Waals surface area contributed by atoms with Crippen LogP contribution in [0.15, 0.2) is 109 Å². The Morgan fingerprint density at radius 1 is 0.475 bits per heavy atom. The second-order valence-corrected chi connectivity index (χ2v) is 10.4. The molecule has 40 heavy (non-hydrogen) atoms. The zero-order valence-corrected chi connectivity index (χ0v) is 21.9. The summed E-state index contributed by atoms with van der Waals surface area (Å²) in [5.41, 5.74) is 15.1. The SMILES string of the molecule is N#C/C(=C/c1ccc2c(c1)Cc1ccccc1-2)c1cccc(/C(C#N)=C\c2ccc3c(c2)Cc2ccccc2-3)c1. The van der Waals surface area contributed by atoms with E-state index in [-0.39, 0.29) is 0 Å². The molecule has 0 aliphatic heterocycles. The van der Waals surface area contributed by atoms with Crippen LogP contribution in [0.2, 0.25) is 0 Å². The summed E-state index contributed by atoms with van der Waals surface area (Å²) in [5.74, 6) is 0. The number of nitrogens with zero attached hydrogens (tertiary/aromatic N) is 2. The Balaban J connectivity index is 1.19. The molecule has 0 N–H and O–H groups in total. The second kappa shape index (κ2) is 9.70. The topological polar surface area (TPSA) is 47.6 Å². The molecule has 0 spiro atoms. The van der Waals surface area contributed by atoms with Crippen LogP contribution in [0, 0.1) is 22.7 Å². The molecule has 2 aliphatic rings. The fourth-order valence-electron chi connectivity index (χ4n) is 6.06. The Hall–Kier alpha value is -5.44. The molecule has 0 fully saturated rings. The summed E-state index contributed by atoms with van der Waals surface area (Å²) in [6, 6.07) is 42.4. The van der Waals surface area contributed by atoms with E-state index in [9.17, 15) is 10.5 Å². The molecule has 0 amide bonds. The smallest absolute Gasteiger partial charge is 0.0998 e. The molecule has 0 bridgehead atoms. The normalized spacial score (nSPS) is 13.1. The highest BCUT2D eigenvalue weighted by Gasteiger charge is 2.19. The van der Waals surface area contributed by atoms with Gasteiger partial charge in [-0.2, -0.15) is 10.5 Å². The highest BCUT2D eigenvalue weighted by atomic mass is 14.3. The van der Waals surface area contributed by atoms with Gasteiger partial charge in [0.05, 0.1) is 23.3 Å². The molecular weight excluding hydrogens is 484 g/mol. The molecule has 5 aromatic rings. The van der Waals surface area contributed by atoms with E-state index in [2.05, 4.69) is 97.1 Å². The van der Waals surface area contributed by atoms with Crippen molar-refractivity contribution in [2.45, 2.75) is 12.8 Å². The second-order valence-electron chi connectivity index (χ2n) is 10.4. The molecule has 0 unspecified atom stereocenters. The van der Waals surface area contributed by atoms with E-state index in [1.807, 2.05) is 36.4 Å². The van der Waals surface area contributed by atoms with E-state index in [4.69, 9.17) is 0 Å². The third kappa shape index (κ3) is 4.14. The average molecular weight is 509 g/mol. The highest BCUT2D eigenvalue weighted by Crippen LogP contribution is 2.38. The maximum absolute atomic E-state index is 10.1. The number of allylic oxidation sites excluding steroid dienone is 2.